The number of hydrazine groups is 1. The van der Waals surface area contributed by atoms with Crippen LogP contribution in [0.15, 0.2) is 65.8 Å². The molecule has 0 atom stereocenters. The van der Waals surface area contributed by atoms with E-state index in [0.29, 0.717) is 5.82 Å². The molecule has 0 saturated carbocycles. The molecule has 7 heteroatoms. The largest absolute Gasteiger partial charge is 0.357 e. The van der Waals surface area contributed by atoms with E-state index >= 15 is 0 Å². The monoisotopic (exact) mass is 280 g/mol. The van der Waals surface area contributed by atoms with Gasteiger partial charge in [0, 0.05) is 6.20 Å². The van der Waals surface area contributed by atoms with Gasteiger partial charge in [0.1, 0.15) is 12.1 Å². The summed E-state index contributed by atoms with van der Waals surface area (Å²) in [6.45, 7) is 0. The maximum atomic E-state index is 12.0. The molecular formula is C14H12N6O. The van der Waals surface area contributed by atoms with Crippen LogP contribution in [0.1, 0.15) is 0 Å². The van der Waals surface area contributed by atoms with Crippen LogP contribution in [0.5, 0.6) is 0 Å². The van der Waals surface area contributed by atoms with E-state index in [0.717, 1.165) is 5.69 Å². The quantitative estimate of drug-likeness (QED) is 0.704. The number of rotatable bonds is 4. The summed E-state index contributed by atoms with van der Waals surface area (Å²) in [6.07, 6.45) is 2.98. The Morgan fingerprint density at radius 3 is 2.43 bits per heavy atom. The molecule has 7 nitrogen and oxygen atoms in total. The first-order valence-corrected chi connectivity index (χ1v) is 6.27. The van der Waals surface area contributed by atoms with E-state index in [-0.39, 0.29) is 5.95 Å². The molecular weight excluding hydrogens is 268 g/mol. The van der Waals surface area contributed by atoms with Crippen molar-refractivity contribution in [3.8, 4) is 5.82 Å². The summed E-state index contributed by atoms with van der Waals surface area (Å²) in [7, 11) is 0. The minimum atomic E-state index is -0.457. The van der Waals surface area contributed by atoms with Crippen LogP contribution in [-0.4, -0.2) is 19.5 Å². The summed E-state index contributed by atoms with van der Waals surface area (Å²) in [5.74, 6) is 0.668. The van der Waals surface area contributed by atoms with Crippen LogP contribution in [0, 0.1) is 0 Å². The summed E-state index contributed by atoms with van der Waals surface area (Å²) in [4.78, 5) is 24.0. The van der Waals surface area contributed by atoms with Crippen molar-refractivity contribution in [3.63, 3.8) is 0 Å². The van der Waals surface area contributed by atoms with Crippen LogP contribution in [0.2, 0.25) is 0 Å². The molecule has 2 N–H and O–H groups in total. The van der Waals surface area contributed by atoms with Crippen molar-refractivity contribution in [1.82, 2.24) is 19.5 Å². The highest BCUT2D eigenvalue weighted by molar-refractivity contribution is 5.46. The maximum Gasteiger partial charge on any atom is 0.357 e. The lowest BCUT2D eigenvalue weighted by atomic mass is 10.3. The number of hydrogen-bond acceptors (Lipinski definition) is 6. The summed E-state index contributed by atoms with van der Waals surface area (Å²) in [6, 6.07) is 14.7. The standard InChI is InChI=1S/C14H12N6O/c21-14-17-13(19-18-11-6-2-1-3-7-11)16-10-20(14)12-8-4-5-9-15-12/h1-10,18H,(H,17,19,21). The topological polar surface area (TPSA) is 84.7 Å². The van der Waals surface area contributed by atoms with Gasteiger partial charge in [-0.15, -0.1) is 0 Å². The molecule has 0 aliphatic carbocycles. The Morgan fingerprint density at radius 2 is 1.71 bits per heavy atom. The fraction of sp³-hybridized carbons (Fsp3) is 0. The van der Waals surface area contributed by atoms with Crippen LogP contribution >= 0.6 is 0 Å². The number of para-hydroxylation sites is 1. The Balaban J connectivity index is 1.77. The number of nitrogens with zero attached hydrogens (tertiary/aromatic N) is 4. The third-order valence-corrected chi connectivity index (χ3v) is 2.69. The van der Waals surface area contributed by atoms with Crippen molar-refractivity contribution in [1.29, 1.82) is 0 Å². The molecule has 0 aliphatic heterocycles. The van der Waals surface area contributed by atoms with Gasteiger partial charge >= 0.3 is 5.69 Å². The van der Waals surface area contributed by atoms with Crippen LogP contribution in [-0.2, 0) is 0 Å². The van der Waals surface area contributed by atoms with Crippen molar-refractivity contribution in [2.45, 2.75) is 0 Å². The molecule has 1 aromatic carbocycles. The van der Waals surface area contributed by atoms with E-state index in [9.17, 15) is 4.79 Å². The molecule has 0 unspecified atom stereocenters. The van der Waals surface area contributed by atoms with E-state index in [1.54, 1.807) is 24.4 Å². The fourth-order valence-corrected chi connectivity index (χ4v) is 1.70. The number of anilines is 2. The fourth-order valence-electron chi connectivity index (χ4n) is 1.70. The van der Waals surface area contributed by atoms with Crippen LogP contribution in [0.3, 0.4) is 0 Å². The Morgan fingerprint density at radius 1 is 0.905 bits per heavy atom. The van der Waals surface area contributed by atoms with Crippen molar-refractivity contribution in [3.05, 3.63) is 71.5 Å². The average molecular weight is 280 g/mol. The molecule has 0 spiro atoms. The zero-order chi connectivity index (χ0) is 14.5. The third kappa shape index (κ3) is 3.03. The van der Waals surface area contributed by atoms with Gasteiger partial charge in [-0.1, -0.05) is 24.3 Å². The van der Waals surface area contributed by atoms with Crippen molar-refractivity contribution in [2.75, 3.05) is 10.9 Å². The molecule has 104 valence electrons. The van der Waals surface area contributed by atoms with Gasteiger partial charge in [-0.25, -0.2) is 19.3 Å². The highest BCUT2D eigenvalue weighted by Gasteiger charge is 2.04. The molecule has 0 saturated heterocycles. The predicted molar refractivity (Wildman–Crippen MR) is 79.1 cm³/mol. The molecule has 3 aromatic rings. The minimum absolute atomic E-state index is 0.191. The first-order valence-electron chi connectivity index (χ1n) is 6.27. The van der Waals surface area contributed by atoms with Gasteiger partial charge in [0.05, 0.1) is 5.69 Å². The lowest BCUT2D eigenvalue weighted by Gasteiger charge is -2.08. The highest BCUT2D eigenvalue weighted by atomic mass is 16.1. The number of nitrogens with one attached hydrogen (secondary N) is 2. The molecule has 0 amide bonds. The SMILES string of the molecule is O=c1nc(NNc2ccccc2)ncn1-c1ccccn1. The summed E-state index contributed by atoms with van der Waals surface area (Å²) in [5.41, 5.74) is 6.07. The van der Waals surface area contributed by atoms with E-state index < -0.39 is 5.69 Å². The van der Waals surface area contributed by atoms with Gasteiger partial charge in [-0.2, -0.15) is 4.98 Å². The second kappa shape index (κ2) is 5.83. The zero-order valence-corrected chi connectivity index (χ0v) is 11.0. The minimum Gasteiger partial charge on any atom is -0.298 e. The van der Waals surface area contributed by atoms with E-state index in [1.165, 1.54) is 10.9 Å². The maximum absolute atomic E-state index is 12.0. The van der Waals surface area contributed by atoms with Crippen LogP contribution in [0.4, 0.5) is 11.6 Å². The number of pyridine rings is 1. The van der Waals surface area contributed by atoms with Gasteiger partial charge in [0.2, 0.25) is 5.95 Å². The molecule has 0 radical (unpaired) electrons. The Kier molecular flexibility index (Phi) is 3.55. The molecule has 0 bridgehead atoms. The number of benzene rings is 1. The summed E-state index contributed by atoms with van der Waals surface area (Å²) < 4.78 is 1.27. The first-order chi connectivity index (χ1) is 10.3. The first kappa shape index (κ1) is 12.8. The molecule has 2 aromatic heterocycles. The van der Waals surface area contributed by atoms with Crippen molar-refractivity contribution < 1.29 is 0 Å². The van der Waals surface area contributed by atoms with E-state index in [1.807, 2.05) is 30.3 Å². The normalized spacial score (nSPS) is 10.1. The van der Waals surface area contributed by atoms with Crippen LogP contribution < -0.4 is 16.5 Å². The lowest BCUT2D eigenvalue weighted by Crippen LogP contribution is -2.25. The van der Waals surface area contributed by atoms with Gasteiger partial charge in [0.15, 0.2) is 0 Å². The molecule has 0 fully saturated rings. The van der Waals surface area contributed by atoms with Gasteiger partial charge in [-0.3, -0.25) is 10.9 Å². The number of aromatic nitrogens is 4. The van der Waals surface area contributed by atoms with Gasteiger partial charge in [-0.05, 0) is 24.3 Å². The van der Waals surface area contributed by atoms with E-state index in [4.69, 9.17) is 0 Å². The van der Waals surface area contributed by atoms with Gasteiger partial charge < -0.3 is 0 Å². The Bertz CT molecular complexity index is 772. The van der Waals surface area contributed by atoms with E-state index in [2.05, 4.69) is 25.8 Å². The Labute approximate surface area is 120 Å². The third-order valence-electron chi connectivity index (χ3n) is 2.69. The smallest absolute Gasteiger partial charge is 0.298 e. The van der Waals surface area contributed by atoms with Gasteiger partial charge in [0.25, 0.3) is 0 Å². The molecule has 2 heterocycles. The predicted octanol–water partition coefficient (Wildman–Crippen LogP) is 1.46. The van der Waals surface area contributed by atoms with Crippen molar-refractivity contribution >= 4 is 11.6 Å². The Hall–Kier alpha value is -3.22. The number of hydrogen-bond donors (Lipinski definition) is 2. The second-order valence-electron chi connectivity index (χ2n) is 4.14. The lowest BCUT2D eigenvalue weighted by molar-refractivity contribution is 0.838. The zero-order valence-electron chi connectivity index (χ0n) is 11.0. The summed E-state index contributed by atoms with van der Waals surface area (Å²) in [5, 5.41) is 0. The van der Waals surface area contributed by atoms with Crippen molar-refractivity contribution in [2.24, 2.45) is 0 Å². The molecule has 3 rings (SSSR count). The average Bonchev–Trinajstić information content (AvgIpc) is 2.55. The highest BCUT2D eigenvalue weighted by Crippen LogP contribution is 2.05. The van der Waals surface area contributed by atoms with Crippen LogP contribution in [0.25, 0.3) is 5.82 Å². The second-order valence-corrected chi connectivity index (χ2v) is 4.14. The molecule has 21 heavy (non-hydrogen) atoms. The summed E-state index contributed by atoms with van der Waals surface area (Å²) >= 11 is 0. The molecule has 0 aliphatic rings.